The minimum Gasteiger partial charge on any atom is -0.444 e. The summed E-state index contributed by atoms with van der Waals surface area (Å²) in [5, 5.41) is 2.95. The summed E-state index contributed by atoms with van der Waals surface area (Å²) in [5.41, 5.74) is -1.74. The van der Waals surface area contributed by atoms with Crippen molar-refractivity contribution in [3.05, 3.63) is 57.1 Å². The van der Waals surface area contributed by atoms with Gasteiger partial charge in [-0.3, -0.25) is 0 Å². The number of carbonyl (C=O) groups is 1. The first-order chi connectivity index (χ1) is 14.8. The molecular formula is C20H20BrF2N3O4S2. The number of hydrogen-bond acceptors (Lipinski definition) is 6. The number of ether oxygens (including phenoxy) is 1. The van der Waals surface area contributed by atoms with E-state index in [-0.39, 0.29) is 22.6 Å². The van der Waals surface area contributed by atoms with E-state index >= 15 is 4.39 Å². The molecule has 0 aliphatic carbocycles. The van der Waals surface area contributed by atoms with E-state index in [9.17, 15) is 17.6 Å². The minimum absolute atomic E-state index is 0.102. The van der Waals surface area contributed by atoms with E-state index in [0.717, 1.165) is 22.4 Å². The van der Waals surface area contributed by atoms with Gasteiger partial charge in [0.2, 0.25) is 5.95 Å². The molecular weight excluding hydrogens is 528 g/mol. The second-order valence-electron chi connectivity index (χ2n) is 7.88. The zero-order chi connectivity index (χ0) is 23.8. The van der Waals surface area contributed by atoms with Gasteiger partial charge in [0.1, 0.15) is 16.2 Å². The van der Waals surface area contributed by atoms with Crippen LogP contribution in [0.5, 0.6) is 0 Å². The fraction of sp³-hybridized carbons (Fsp3) is 0.300. The van der Waals surface area contributed by atoms with E-state index in [0.29, 0.717) is 8.45 Å². The summed E-state index contributed by atoms with van der Waals surface area (Å²) in [6, 6.07) is 2.60. The third-order valence-corrected chi connectivity index (χ3v) is 8.04. The van der Waals surface area contributed by atoms with Crippen molar-refractivity contribution in [2.45, 2.75) is 37.8 Å². The van der Waals surface area contributed by atoms with Gasteiger partial charge in [0, 0.05) is 40.2 Å². The molecule has 0 aliphatic rings. The summed E-state index contributed by atoms with van der Waals surface area (Å²) >= 11 is 4.31. The molecule has 0 spiro atoms. The maximum atomic E-state index is 15.5. The number of pyridine rings is 1. The van der Waals surface area contributed by atoms with Crippen molar-refractivity contribution < 1.29 is 26.7 Å². The molecule has 3 heterocycles. The quantitative estimate of drug-likeness (QED) is 0.407. The Morgan fingerprint density at radius 2 is 2.00 bits per heavy atom. The van der Waals surface area contributed by atoms with Crippen molar-refractivity contribution in [2.75, 3.05) is 7.05 Å². The number of nitrogens with zero attached hydrogens (tertiary/aromatic N) is 3. The van der Waals surface area contributed by atoms with Crippen molar-refractivity contribution in [1.82, 2.24) is 13.9 Å². The lowest BCUT2D eigenvalue weighted by Gasteiger charge is -2.24. The van der Waals surface area contributed by atoms with Crippen molar-refractivity contribution in [2.24, 2.45) is 0 Å². The Morgan fingerprint density at radius 3 is 2.56 bits per heavy atom. The van der Waals surface area contributed by atoms with Crippen LogP contribution in [0.2, 0.25) is 0 Å². The van der Waals surface area contributed by atoms with E-state index < -0.39 is 39.2 Å². The van der Waals surface area contributed by atoms with Crippen LogP contribution in [0.1, 0.15) is 26.3 Å². The van der Waals surface area contributed by atoms with Crippen molar-refractivity contribution in [1.29, 1.82) is 0 Å². The van der Waals surface area contributed by atoms with Crippen molar-refractivity contribution in [3.8, 4) is 11.3 Å². The smallest absolute Gasteiger partial charge is 0.410 e. The first kappa shape index (κ1) is 24.3. The van der Waals surface area contributed by atoms with Gasteiger partial charge in [0.25, 0.3) is 10.0 Å². The van der Waals surface area contributed by atoms with Gasteiger partial charge in [-0.1, -0.05) is 0 Å². The number of hydrogen-bond donors (Lipinski definition) is 0. The number of carbonyl (C=O) groups excluding carboxylic acids is 1. The molecule has 0 fully saturated rings. The highest BCUT2D eigenvalue weighted by Crippen LogP contribution is 2.35. The molecule has 3 aromatic rings. The number of rotatable bonds is 5. The van der Waals surface area contributed by atoms with E-state index in [1.807, 2.05) is 0 Å². The zero-order valence-electron chi connectivity index (χ0n) is 17.6. The molecule has 0 bridgehead atoms. The summed E-state index contributed by atoms with van der Waals surface area (Å²) in [4.78, 5) is 16.8. The van der Waals surface area contributed by atoms with Gasteiger partial charge in [-0.05, 0) is 48.8 Å². The summed E-state index contributed by atoms with van der Waals surface area (Å²) in [5.74, 6) is -2.01. The maximum Gasteiger partial charge on any atom is 0.410 e. The molecule has 172 valence electrons. The van der Waals surface area contributed by atoms with Crippen LogP contribution in [0.3, 0.4) is 0 Å². The largest absolute Gasteiger partial charge is 0.444 e. The molecule has 12 heteroatoms. The molecule has 0 unspecified atom stereocenters. The second-order valence-corrected chi connectivity index (χ2v) is 11.3. The van der Waals surface area contributed by atoms with Crippen LogP contribution < -0.4 is 0 Å². The lowest BCUT2D eigenvalue weighted by molar-refractivity contribution is 0.0284. The Bertz CT molecular complexity index is 1270. The number of amides is 1. The topological polar surface area (TPSA) is 81.5 Å². The lowest BCUT2D eigenvalue weighted by Crippen LogP contribution is -2.33. The molecule has 1 amide bonds. The van der Waals surface area contributed by atoms with Gasteiger partial charge in [0.05, 0.1) is 12.1 Å². The van der Waals surface area contributed by atoms with Gasteiger partial charge in [-0.25, -0.2) is 26.6 Å². The number of halogens is 3. The molecule has 0 radical (unpaired) electrons. The average Bonchev–Trinajstić information content (AvgIpc) is 3.25. The molecule has 0 atom stereocenters. The van der Waals surface area contributed by atoms with Crippen LogP contribution in [0, 0.1) is 11.8 Å². The average molecular weight is 548 g/mol. The van der Waals surface area contributed by atoms with Crippen LogP contribution >= 0.6 is 27.3 Å². The van der Waals surface area contributed by atoms with Crippen LogP contribution in [0.4, 0.5) is 13.6 Å². The molecule has 0 N–H and O–H groups in total. The maximum absolute atomic E-state index is 15.5. The predicted molar refractivity (Wildman–Crippen MR) is 120 cm³/mol. The molecule has 7 nitrogen and oxygen atoms in total. The van der Waals surface area contributed by atoms with Crippen LogP contribution in [-0.2, 0) is 21.3 Å². The SMILES string of the molecule is CN(Cc1cn(S(=O)(=O)c2cscc2Br)c(-c2cccnc2F)c1F)C(=O)OC(C)(C)C. The van der Waals surface area contributed by atoms with Crippen LogP contribution in [0.25, 0.3) is 11.3 Å². The zero-order valence-corrected chi connectivity index (χ0v) is 20.8. The molecule has 0 saturated heterocycles. The number of aromatic nitrogens is 2. The van der Waals surface area contributed by atoms with Gasteiger partial charge in [-0.2, -0.15) is 4.39 Å². The van der Waals surface area contributed by atoms with Gasteiger partial charge < -0.3 is 9.64 Å². The van der Waals surface area contributed by atoms with Gasteiger partial charge in [0.15, 0.2) is 5.82 Å². The fourth-order valence-electron chi connectivity index (χ4n) is 2.83. The highest BCUT2D eigenvalue weighted by atomic mass is 79.9. The van der Waals surface area contributed by atoms with E-state index in [1.54, 1.807) is 26.2 Å². The Morgan fingerprint density at radius 1 is 1.31 bits per heavy atom. The lowest BCUT2D eigenvalue weighted by atomic mass is 10.1. The third kappa shape index (κ3) is 4.86. The standard InChI is InChI=1S/C20H20BrF2N3O4S2/c1-20(2,3)30-19(27)25(4)8-12-9-26(32(28,29)15-11-31-10-14(15)21)17(16(12)22)13-6-5-7-24-18(13)23/h5-7,9-11H,8H2,1-4H3. The Labute approximate surface area is 196 Å². The molecule has 0 aliphatic heterocycles. The highest BCUT2D eigenvalue weighted by Gasteiger charge is 2.31. The van der Waals surface area contributed by atoms with Crippen molar-refractivity contribution >= 4 is 43.4 Å². The molecule has 3 rings (SSSR count). The minimum atomic E-state index is -4.30. The van der Waals surface area contributed by atoms with Crippen LogP contribution in [0.15, 0.2) is 44.7 Å². The summed E-state index contributed by atoms with van der Waals surface area (Å²) in [6.07, 6.45) is 1.49. The summed E-state index contributed by atoms with van der Waals surface area (Å²) in [7, 11) is -2.91. The normalized spacial score (nSPS) is 12.1. The van der Waals surface area contributed by atoms with E-state index in [2.05, 4.69) is 20.9 Å². The predicted octanol–water partition coefficient (Wildman–Crippen LogP) is 5.26. The summed E-state index contributed by atoms with van der Waals surface area (Å²) in [6.45, 7) is 4.75. The van der Waals surface area contributed by atoms with E-state index in [4.69, 9.17) is 4.74 Å². The third-order valence-electron chi connectivity index (χ3n) is 4.23. The summed E-state index contributed by atoms with van der Waals surface area (Å²) < 4.78 is 62.8. The Balaban J connectivity index is 2.14. The van der Waals surface area contributed by atoms with Gasteiger partial charge >= 0.3 is 6.09 Å². The van der Waals surface area contributed by atoms with Gasteiger partial charge in [-0.15, -0.1) is 11.3 Å². The monoisotopic (exact) mass is 547 g/mol. The molecule has 32 heavy (non-hydrogen) atoms. The Kier molecular flexibility index (Phi) is 6.78. The second kappa shape index (κ2) is 8.91. The fourth-order valence-corrected chi connectivity index (χ4v) is 6.53. The first-order valence-corrected chi connectivity index (χ1v) is 12.4. The molecule has 0 aromatic carbocycles. The Hall–Kier alpha value is -2.31. The molecule has 0 saturated carbocycles. The van der Waals surface area contributed by atoms with E-state index in [1.165, 1.54) is 30.8 Å². The highest BCUT2D eigenvalue weighted by molar-refractivity contribution is 9.10. The first-order valence-electron chi connectivity index (χ1n) is 9.25. The number of thiophene rings is 1. The van der Waals surface area contributed by atoms with Crippen LogP contribution in [-0.4, -0.2) is 41.0 Å². The van der Waals surface area contributed by atoms with Crippen molar-refractivity contribution in [3.63, 3.8) is 0 Å². The molecule has 3 aromatic heterocycles.